The van der Waals surface area contributed by atoms with Crippen LogP contribution in [0, 0.1) is 20.8 Å². The molecule has 0 atom stereocenters. The summed E-state index contributed by atoms with van der Waals surface area (Å²) >= 11 is 6.95. The molecule has 0 aliphatic carbocycles. The Balaban J connectivity index is 1.74. The Labute approximate surface area is 212 Å². The van der Waals surface area contributed by atoms with Gasteiger partial charge in [0.05, 0.1) is 10.6 Å². The van der Waals surface area contributed by atoms with Gasteiger partial charge in [0, 0.05) is 23.9 Å². The van der Waals surface area contributed by atoms with Crippen LogP contribution in [0.2, 0.25) is 0 Å². The molecule has 0 spiro atoms. The second-order valence-electron chi connectivity index (χ2n) is 8.88. The van der Waals surface area contributed by atoms with Crippen LogP contribution < -0.4 is 0 Å². The largest absolute Gasteiger partial charge is 0.293 e. The molecule has 1 saturated heterocycles. The molecular weight excluding hydrogens is 458 g/mol. The third-order valence-corrected chi connectivity index (χ3v) is 7.45. The summed E-state index contributed by atoms with van der Waals surface area (Å²) in [6, 6.07) is 14.4. The fourth-order valence-corrected chi connectivity index (χ4v) is 5.78. The zero-order valence-electron chi connectivity index (χ0n) is 20.3. The Morgan fingerprint density at radius 3 is 2.41 bits per heavy atom. The van der Waals surface area contributed by atoms with Crippen LogP contribution in [-0.4, -0.2) is 31.5 Å². The summed E-state index contributed by atoms with van der Waals surface area (Å²) in [5, 5.41) is 4.98. The van der Waals surface area contributed by atoms with Crippen LogP contribution in [-0.2, 0) is 4.79 Å². The van der Waals surface area contributed by atoms with E-state index in [4.69, 9.17) is 17.3 Å². The highest BCUT2D eigenvalue weighted by atomic mass is 32.2. The fraction of sp³-hybridized carbons (Fsp3) is 0.321. The van der Waals surface area contributed by atoms with Crippen molar-refractivity contribution >= 4 is 40.3 Å². The molecule has 0 N–H and O–H groups in total. The van der Waals surface area contributed by atoms with Gasteiger partial charge in [-0.2, -0.15) is 5.10 Å². The molecule has 6 heteroatoms. The second-order valence-corrected chi connectivity index (χ2v) is 10.6. The number of para-hydroxylation sites is 1. The predicted octanol–water partition coefficient (Wildman–Crippen LogP) is 7.25. The van der Waals surface area contributed by atoms with E-state index in [1.807, 2.05) is 47.3 Å². The maximum atomic E-state index is 13.2. The Morgan fingerprint density at radius 2 is 1.74 bits per heavy atom. The molecule has 0 unspecified atom stereocenters. The summed E-state index contributed by atoms with van der Waals surface area (Å²) in [7, 11) is 0. The maximum Gasteiger partial charge on any atom is 0.266 e. The summed E-state index contributed by atoms with van der Waals surface area (Å²) in [6.07, 6.45) is 8.42. The molecule has 34 heavy (non-hydrogen) atoms. The third-order valence-electron chi connectivity index (χ3n) is 6.07. The van der Waals surface area contributed by atoms with Gasteiger partial charge in [0.2, 0.25) is 0 Å². The van der Waals surface area contributed by atoms with E-state index in [2.05, 4.69) is 39.8 Å². The summed E-state index contributed by atoms with van der Waals surface area (Å²) < 4.78 is 2.54. The lowest BCUT2D eigenvalue weighted by Crippen LogP contribution is -2.29. The number of hydrogen-bond acceptors (Lipinski definition) is 4. The van der Waals surface area contributed by atoms with Gasteiger partial charge in [0.1, 0.15) is 10.0 Å². The van der Waals surface area contributed by atoms with Gasteiger partial charge < -0.3 is 0 Å². The van der Waals surface area contributed by atoms with Crippen LogP contribution >= 0.6 is 24.0 Å². The van der Waals surface area contributed by atoms with E-state index in [1.54, 1.807) is 4.90 Å². The smallest absolute Gasteiger partial charge is 0.266 e. The lowest BCUT2D eigenvalue weighted by Gasteiger charge is -2.13. The highest BCUT2D eigenvalue weighted by Crippen LogP contribution is 2.36. The molecule has 0 bridgehead atoms. The molecule has 1 aliphatic heterocycles. The molecule has 2 heterocycles. The third kappa shape index (κ3) is 5.18. The quantitative estimate of drug-likeness (QED) is 0.190. The first-order chi connectivity index (χ1) is 16.4. The van der Waals surface area contributed by atoms with Crippen LogP contribution in [0.25, 0.3) is 23.0 Å². The Hall–Kier alpha value is -2.70. The molecule has 0 radical (unpaired) electrons. The minimum Gasteiger partial charge on any atom is -0.293 e. The molecule has 176 valence electrons. The highest BCUT2D eigenvalue weighted by Gasteiger charge is 2.32. The first kappa shape index (κ1) is 24.4. The average Bonchev–Trinajstić information content (AvgIpc) is 3.32. The average molecular weight is 490 g/mol. The van der Waals surface area contributed by atoms with Gasteiger partial charge in [-0.15, -0.1) is 0 Å². The molecule has 3 aromatic rings. The van der Waals surface area contributed by atoms with E-state index < -0.39 is 0 Å². The number of aryl methyl sites for hydroxylation is 3. The SMILES string of the molecule is CCCCCCN1C(=O)C(=Cc2cn(-c3ccccc3)nc2-c2c(C)cc(C)cc2C)SC1=S. The van der Waals surface area contributed by atoms with Crippen molar-refractivity contribution in [2.75, 3.05) is 6.54 Å². The number of amides is 1. The molecule has 1 amide bonds. The van der Waals surface area contributed by atoms with Crippen LogP contribution in [0.15, 0.2) is 53.6 Å². The van der Waals surface area contributed by atoms with Gasteiger partial charge in [-0.05, 0) is 56.5 Å². The standard InChI is InChI=1S/C28H31N3OS2/c1-5-6-7-11-14-30-27(32)24(34-28(30)33)17-22-18-31(23-12-9-8-10-13-23)29-26(22)25-20(3)15-19(2)16-21(25)4/h8-10,12-13,15-18H,5-7,11,14H2,1-4H3. The Morgan fingerprint density at radius 1 is 1.03 bits per heavy atom. The summed E-state index contributed by atoms with van der Waals surface area (Å²) in [4.78, 5) is 15.6. The lowest BCUT2D eigenvalue weighted by molar-refractivity contribution is -0.122. The number of unbranched alkanes of at least 4 members (excludes halogenated alkanes) is 3. The molecule has 0 saturated carbocycles. The zero-order valence-corrected chi connectivity index (χ0v) is 21.9. The maximum absolute atomic E-state index is 13.2. The van der Waals surface area contributed by atoms with E-state index in [9.17, 15) is 4.79 Å². The summed E-state index contributed by atoms with van der Waals surface area (Å²) in [6.45, 7) is 9.23. The van der Waals surface area contributed by atoms with Crippen LogP contribution in [0.3, 0.4) is 0 Å². The second kappa shape index (κ2) is 10.7. The lowest BCUT2D eigenvalue weighted by atomic mass is 9.95. The van der Waals surface area contributed by atoms with Crippen molar-refractivity contribution in [2.45, 2.75) is 53.4 Å². The number of carbonyl (C=O) groups excluding carboxylic acids is 1. The van der Waals surface area contributed by atoms with E-state index in [0.29, 0.717) is 15.8 Å². The van der Waals surface area contributed by atoms with E-state index in [-0.39, 0.29) is 5.91 Å². The normalized spacial score (nSPS) is 15.1. The molecule has 1 aromatic heterocycles. The number of benzene rings is 2. The van der Waals surface area contributed by atoms with Crippen molar-refractivity contribution < 1.29 is 4.79 Å². The van der Waals surface area contributed by atoms with E-state index >= 15 is 0 Å². The zero-order chi connectivity index (χ0) is 24.2. The fourth-order valence-electron chi connectivity index (χ4n) is 4.48. The Bertz CT molecular complexity index is 1220. The van der Waals surface area contributed by atoms with Crippen molar-refractivity contribution in [3.63, 3.8) is 0 Å². The van der Waals surface area contributed by atoms with Crippen LogP contribution in [0.4, 0.5) is 0 Å². The van der Waals surface area contributed by atoms with Gasteiger partial charge in [-0.25, -0.2) is 4.68 Å². The number of carbonyl (C=O) groups is 1. The van der Waals surface area contributed by atoms with E-state index in [1.165, 1.54) is 41.3 Å². The van der Waals surface area contributed by atoms with Gasteiger partial charge >= 0.3 is 0 Å². The van der Waals surface area contributed by atoms with Crippen LogP contribution in [0.5, 0.6) is 0 Å². The van der Waals surface area contributed by atoms with Crippen molar-refractivity contribution in [1.29, 1.82) is 0 Å². The monoisotopic (exact) mass is 489 g/mol. The molecule has 2 aromatic carbocycles. The number of nitrogens with zero attached hydrogens (tertiary/aromatic N) is 3. The molecule has 4 nitrogen and oxygen atoms in total. The molecule has 1 fully saturated rings. The molecular formula is C28H31N3OS2. The summed E-state index contributed by atoms with van der Waals surface area (Å²) in [5.74, 6) is 0.00209. The van der Waals surface area contributed by atoms with Gasteiger partial charge in [0.15, 0.2) is 0 Å². The number of thioether (sulfide) groups is 1. The number of aromatic nitrogens is 2. The first-order valence-electron chi connectivity index (χ1n) is 11.9. The Kier molecular flexibility index (Phi) is 7.69. The van der Waals surface area contributed by atoms with Crippen molar-refractivity contribution in [3.05, 3.63) is 75.8 Å². The number of hydrogen-bond donors (Lipinski definition) is 0. The molecule has 4 rings (SSSR count). The number of thiocarbonyl (C=S) groups is 1. The predicted molar refractivity (Wildman–Crippen MR) is 147 cm³/mol. The van der Waals surface area contributed by atoms with Crippen molar-refractivity contribution in [1.82, 2.24) is 14.7 Å². The van der Waals surface area contributed by atoms with Gasteiger partial charge in [-0.3, -0.25) is 9.69 Å². The number of rotatable bonds is 8. The van der Waals surface area contributed by atoms with Crippen LogP contribution in [0.1, 0.15) is 54.9 Å². The van der Waals surface area contributed by atoms with E-state index in [0.717, 1.165) is 35.3 Å². The van der Waals surface area contributed by atoms with Gasteiger partial charge in [0.25, 0.3) is 5.91 Å². The van der Waals surface area contributed by atoms with Gasteiger partial charge in [-0.1, -0.05) is 86.1 Å². The minimum absolute atomic E-state index is 0.00209. The first-order valence-corrected chi connectivity index (χ1v) is 13.1. The minimum atomic E-state index is 0.00209. The highest BCUT2D eigenvalue weighted by molar-refractivity contribution is 8.26. The topological polar surface area (TPSA) is 38.1 Å². The summed E-state index contributed by atoms with van der Waals surface area (Å²) in [5.41, 5.74) is 7.47. The van der Waals surface area contributed by atoms with Crippen molar-refractivity contribution in [3.8, 4) is 16.9 Å². The van der Waals surface area contributed by atoms with Crippen molar-refractivity contribution in [2.24, 2.45) is 0 Å². The molecule has 1 aliphatic rings.